The minimum absolute atomic E-state index is 0.125. The SMILES string of the molecule is CCNC(C)(CO)CCCCSc1ccc(OC)cc1. The Labute approximate surface area is 127 Å². The lowest BCUT2D eigenvalue weighted by atomic mass is 9.96. The maximum absolute atomic E-state index is 9.42. The van der Waals surface area contributed by atoms with E-state index in [1.165, 1.54) is 4.90 Å². The molecule has 0 spiro atoms. The van der Waals surface area contributed by atoms with Gasteiger partial charge in [0, 0.05) is 10.4 Å². The lowest BCUT2D eigenvalue weighted by molar-refractivity contribution is 0.165. The Morgan fingerprint density at radius 3 is 2.50 bits per heavy atom. The summed E-state index contributed by atoms with van der Waals surface area (Å²) in [5.74, 6) is 2.01. The van der Waals surface area contributed by atoms with Gasteiger partial charge in [-0.2, -0.15) is 0 Å². The van der Waals surface area contributed by atoms with Gasteiger partial charge in [-0.25, -0.2) is 0 Å². The van der Waals surface area contributed by atoms with Gasteiger partial charge in [-0.3, -0.25) is 0 Å². The zero-order valence-electron chi connectivity index (χ0n) is 12.8. The number of benzene rings is 1. The third-order valence-corrected chi connectivity index (χ3v) is 4.50. The van der Waals surface area contributed by atoms with Gasteiger partial charge in [-0.15, -0.1) is 11.8 Å². The largest absolute Gasteiger partial charge is 0.497 e. The molecule has 4 heteroatoms. The molecule has 1 aromatic rings. The second kappa shape index (κ2) is 9.27. The summed E-state index contributed by atoms with van der Waals surface area (Å²) < 4.78 is 5.15. The van der Waals surface area contributed by atoms with E-state index >= 15 is 0 Å². The number of unbranched alkanes of at least 4 members (excludes halogenated alkanes) is 1. The average Bonchev–Trinajstić information content (AvgIpc) is 2.48. The van der Waals surface area contributed by atoms with Crippen molar-refractivity contribution >= 4 is 11.8 Å². The molecule has 0 amide bonds. The second-order valence-electron chi connectivity index (χ2n) is 5.23. The van der Waals surface area contributed by atoms with E-state index in [2.05, 4.69) is 31.3 Å². The third kappa shape index (κ3) is 6.16. The molecule has 0 aliphatic rings. The fraction of sp³-hybridized carbons (Fsp3) is 0.625. The van der Waals surface area contributed by atoms with Gasteiger partial charge in [-0.1, -0.05) is 13.3 Å². The van der Waals surface area contributed by atoms with Crippen LogP contribution in [0.4, 0.5) is 0 Å². The van der Waals surface area contributed by atoms with Crippen LogP contribution >= 0.6 is 11.8 Å². The van der Waals surface area contributed by atoms with Gasteiger partial charge >= 0.3 is 0 Å². The summed E-state index contributed by atoms with van der Waals surface area (Å²) in [6, 6.07) is 8.19. The van der Waals surface area contributed by atoms with Crippen LogP contribution in [0.25, 0.3) is 0 Å². The van der Waals surface area contributed by atoms with Crippen molar-refractivity contribution in [2.45, 2.75) is 43.5 Å². The Morgan fingerprint density at radius 2 is 1.95 bits per heavy atom. The van der Waals surface area contributed by atoms with E-state index < -0.39 is 0 Å². The molecule has 2 N–H and O–H groups in total. The first kappa shape index (κ1) is 17.3. The number of thioether (sulfide) groups is 1. The zero-order chi connectivity index (χ0) is 14.8. The summed E-state index contributed by atoms with van der Waals surface area (Å²) in [5.41, 5.74) is -0.125. The first-order chi connectivity index (χ1) is 9.63. The normalized spacial score (nSPS) is 14.0. The van der Waals surface area contributed by atoms with E-state index in [1.54, 1.807) is 7.11 Å². The number of aliphatic hydroxyl groups is 1. The lowest BCUT2D eigenvalue weighted by Gasteiger charge is -2.28. The molecule has 1 aromatic carbocycles. The quantitative estimate of drug-likeness (QED) is 0.513. The van der Waals surface area contributed by atoms with Crippen LogP contribution in [0.1, 0.15) is 33.1 Å². The van der Waals surface area contributed by atoms with Crippen LogP contribution < -0.4 is 10.1 Å². The monoisotopic (exact) mass is 297 g/mol. The Balaban J connectivity index is 2.21. The molecule has 20 heavy (non-hydrogen) atoms. The molecule has 114 valence electrons. The molecular formula is C16H27NO2S. The molecule has 0 aliphatic heterocycles. The predicted molar refractivity (Wildman–Crippen MR) is 86.7 cm³/mol. The van der Waals surface area contributed by atoms with Crippen molar-refractivity contribution in [3.8, 4) is 5.75 Å². The molecule has 1 atom stereocenters. The molecule has 1 unspecified atom stereocenters. The smallest absolute Gasteiger partial charge is 0.118 e. The van der Waals surface area contributed by atoms with Crippen molar-refractivity contribution in [1.29, 1.82) is 0 Å². The molecule has 1 rings (SSSR count). The zero-order valence-corrected chi connectivity index (χ0v) is 13.6. The van der Waals surface area contributed by atoms with E-state index in [9.17, 15) is 5.11 Å². The highest BCUT2D eigenvalue weighted by Gasteiger charge is 2.20. The van der Waals surface area contributed by atoms with Crippen molar-refractivity contribution in [2.75, 3.05) is 26.0 Å². The predicted octanol–water partition coefficient (Wildman–Crippen LogP) is 3.32. The first-order valence-electron chi connectivity index (χ1n) is 7.26. The molecule has 3 nitrogen and oxygen atoms in total. The molecule has 0 radical (unpaired) electrons. The summed E-state index contributed by atoms with van der Waals surface area (Å²) in [4.78, 5) is 1.28. The Kier molecular flexibility index (Phi) is 8.04. The minimum Gasteiger partial charge on any atom is -0.497 e. The molecule has 0 aromatic heterocycles. The topological polar surface area (TPSA) is 41.5 Å². The molecule has 0 fully saturated rings. The van der Waals surface area contributed by atoms with Crippen LogP contribution in [-0.2, 0) is 0 Å². The average molecular weight is 297 g/mol. The number of rotatable bonds is 10. The fourth-order valence-corrected chi connectivity index (χ4v) is 3.04. The highest BCUT2D eigenvalue weighted by molar-refractivity contribution is 7.99. The molecule has 0 saturated heterocycles. The van der Waals surface area contributed by atoms with Crippen molar-refractivity contribution in [2.24, 2.45) is 0 Å². The van der Waals surface area contributed by atoms with Gasteiger partial charge < -0.3 is 15.2 Å². The highest BCUT2D eigenvalue weighted by atomic mass is 32.2. The number of hydrogen-bond acceptors (Lipinski definition) is 4. The second-order valence-corrected chi connectivity index (χ2v) is 6.40. The van der Waals surface area contributed by atoms with Crippen LogP contribution in [0.2, 0.25) is 0 Å². The Bertz CT molecular complexity index is 369. The van der Waals surface area contributed by atoms with Crippen molar-refractivity contribution < 1.29 is 9.84 Å². The number of methoxy groups -OCH3 is 1. The van der Waals surface area contributed by atoms with Crippen LogP contribution in [0.15, 0.2) is 29.2 Å². The van der Waals surface area contributed by atoms with Gasteiger partial charge in [0.1, 0.15) is 5.75 Å². The lowest BCUT2D eigenvalue weighted by Crippen LogP contribution is -2.45. The third-order valence-electron chi connectivity index (χ3n) is 3.40. The van der Waals surface area contributed by atoms with Gasteiger partial charge in [0.2, 0.25) is 0 Å². The molecule has 0 saturated carbocycles. The van der Waals surface area contributed by atoms with Crippen LogP contribution in [0, 0.1) is 0 Å². The summed E-state index contributed by atoms with van der Waals surface area (Å²) in [6.45, 7) is 5.27. The van der Waals surface area contributed by atoms with E-state index in [1.807, 2.05) is 23.9 Å². The van der Waals surface area contributed by atoms with E-state index in [-0.39, 0.29) is 12.1 Å². The number of likely N-dealkylation sites (N-methyl/N-ethyl adjacent to an activating group) is 1. The first-order valence-corrected chi connectivity index (χ1v) is 8.25. The maximum atomic E-state index is 9.42. The Hall–Kier alpha value is -0.710. The van der Waals surface area contributed by atoms with E-state index in [0.29, 0.717) is 0 Å². The summed E-state index contributed by atoms with van der Waals surface area (Å²) >= 11 is 1.87. The summed E-state index contributed by atoms with van der Waals surface area (Å²) in [6.07, 6.45) is 3.31. The van der Waals surface area contributed by atoms with Gasteiger partial charge in [0.25, 0.3) is 0 Å². The van der Waals surface area contributed by atoms with Gasteiger partial charge in [0.15, 0.2) is 0 Å². The van der Waals surface area contributed by atoms with Crippen molar-refractivity contribution in [1.82, 2.24) is 5.32 Å². The van der Waals surface area contributed by atoms with E-state index in [0.717, 1.165) is 37.3 Å². The van der Waals surface area contributed by atoms with Crippen LogP contribution in [0.3, 0.4) is 0 Å². The molecule has 0 aliphatic carbocycles. The number of aliphatic hydroxyl groups excluding tert-OH is 1. The maximum Gasteiger partial charge on any atom is 0.118 e. The Morgan fingerprint density at radius 1 is 1.25 bits per heavy atom. The van der Waals surface area contributed by atoms with Crippen molar-refractivity contribution in [3.05, 3.63) is 24.3 Å². The van der Waals surface area contributed by atoms with E-state index in [4.69, 9.17) is 4.74 Å². The van der Waals surface area contributed by atoms with Crippen LogP contribution in [0.5, 0.6) is 5.75 Å². The van der Waals surface area contributed by atoms with Gasteiger partial charge in [-0.05, 0) is 56.3 Å². The highest BCUT2D eigenvalue weighted by Crippen LogP contribution is 2.23. The fourth-order valence-electron chi connectivity index (χ4n) is 2.13. The summed E-state index contributed by atoms with van der Waals surface area (Å²) in [5, 5.41) is 12.8. The number of nitrogens with one attached hydrogen (secondary N) is 1. The standard InChI is InChI=1S/C16H27NO2S/c1-4-17-16(2,13-18)11-5-6-12-20-15-9-7-14(19-3)8-10-15/h7-10,17-18H,4-6,11-13H2,1-3H3. The van der Waals surface area contributed by atoms with Gasteiger partial charge in [0.05, 0.1) is 13.7 Å². The summed E-state index contributed by atoms with van der Waals surface area (Å²) in [7, 11) is 1.69. The molecule has 0 bridgehead atoms. The molecular weight excluding hydrogens is 270 g/mol. The number of ether oxygens (including phenoxy) is 1. The number of hydrogen-bond donors (Lipinski definition) is 2. The van der Waals surface area contributed by atoms with Crippen molar-refractivity contribution in [3.63, 3.8) is 0 Å². The molecule has 0 heterocycles. The van der Waals surface area contributed by atoms with Crippen LogP contribution in [-0.4, -0.2) is 36.7 Å². The minimum atomic E-state index is -0.125.